The molecular weight excluding hydrogens is 572 g/mol. The van der Waals surface area contributed by atoms with E-state index in [2.05, 4.69) is 44.2 Å². The summed E-state index contributed by atoms with van der Waals surface area (Å²) in [5, 5.41) is 4.11. The number of halogens is 1. The molecule has 5 aromatic rings. The van der Waals surface area contributed by atoms with Crippen LogP contribution in [0.4, 0.5) is 11.5 Å². The van der Waals surface area contributed by atoms with Gasteiger partial charge in [-0.3, -0.25) is 14.7 Å². The molecule has 0 radical (unpaired) electrons. The van der Waals surface area contributed by atoms with Crippen molar-refractivity contribution in [1.29, 1.82) is 0 Å². The fourth-order valence-corrected chi connectivity index (χ4v) is 7.06. The van der Waals surface area contributed by atoms with Crippen molar-refractivity contribution in [3.8, 4) is 28.3 Å². The number of ether oxygens (including phenoxy) is 1. The zero-order valence-electron chi connectivity index (χ0n) is 25.0. The topological polar surface area (TPSA) is 93.1 Å². The summed E-state index contributed by atoms with van der Waals surface area (Å²) in [5.41, 5.74) is 8.17. The summed E-state index contributed by atoms with van der Waals surface area (Å²) in [6.45, 7) is 6.60. The van der Waals surface area contributed by atoms with E-state index in [1.807, 2.05) is 55.5 Å². The molecule has 2 fully saturated rings. The fourth-order valence-electron chi connectivity index (χ4n) is 6.74. The molecule has 7 rings (SSSR count). The summed E-state index contributed by atoms with van der Waals surface area (Å²) in [5.74, 6) is 2.33. The number of Topliss-reactive ketones (excluding diaryl/α,β-unsaturated/α-hetero) is 1. The third-order valence-electron chi connectivity index (χ3n) is 8.87. The number of pyridine rings is 2. The number of benzene rings is 2. The number of hydrogen-bond donors (Lipinski definition) is 1. The van der Waals surface area contributed by atoms with Crippen molar-refractivity contribution in [3.05, 3.63) is 88.8 Å². The maximum absolute atomic E-state index is 11.8. The Balaban J connectivity index is 1.16. The summed E-state index contributed by atoms with van der Waals surface area (Å²) in [6.07, 6.45) is 4.21. The number of aryl methyl sites for hydroxylation is 1. The predicted octanol–water partition coefficient (Wildman–Crippen LogP) is 7.33. The first-order valence-corrected chi connectivity index (χ1v) is 15.2. The Morgan fingerprint density at radius 3 is 2.55 bits per heavy atom. The second-order valence-corrected chi connectivity index (χ2v) is 12.4. The molecular formula is C35H33ClN6O2. The standard InChI is InChI=1S/C35H33ClN6O2/c1-21-25(7-5-10-28(21)40-33-32-30(11-6-16-37-32)38-22(2)39-33)26-8-4-9-27(31(26)36)29-13-12-23(34(41-29)44-3)18-42-19-35(20-42)15-14-24(43)17-35/h4-13,16H,14-15,17-20H2,1-3H3,(H,38,39,40). The predicted molar refractivity (Wildman–Crippen MR) is 173 cm³/mol. The van der Waals surface area contributed by atoms with Crippen LogP contribution in [0.25, 0.3) is 33.4 Å². The van der Waals surface area contributed by atoms with Crippen LogP contribution in [-0.2, 0) is 11.3 Å². The first kappa shape index (κ1) is 28.4. The van der Waals surface area contributed by atoms with Gasteiger partial charge in [-0.2, -0.15) is 0 Å². The van der Waals surface area contributed by atoms with Crippen molar-refractivity contribution in [1.82, 2.24) is 24.8 Å². The first-order valence-electron chi connectivity index (χ1n) is 14.9. The van der Waals surface area contributed by atoms with Crippen molar-refractivity contribution >= 4 is 39.9 Å². The summed E-state index contributed by atoms with van der Waals surface area (Å²) >= 11 is 7.13. The minimum Gasteiger partial charge on any atom is -0.481 e. The highest BCUT2D eigenvalue weighted by atomic mass is 35.5. The second kappa shape index (κ2) is 11.3. The number of likely N-dealkylation sites (tertiary alicyclic amines) is 1. The van der Waals surface area contributed by atoms with E-state index in [4.69, 9.17) is 21.3 Å². The molecule has 44 heavy (non-hydrogen) atoms. The average molecular weight is 605 g/mol. The number of nitrogens with zero attached hydrogens (tertiary/aromatic N) is 5. The van der Waals surface area contributed by atoms with Crippen LogP contribution in [0, 0.1) is 19.3 Å². The van der Waals surface area contributed by atoms with Crippen molar-refractivity contribution in [3.63, 3.8) is 0 Å². The number of rotatable bonds is 7. The number of carbonyl (C=O) groups excluding carboxylic acids is 1. The van der Waals surface area contributed by atoms with Crippen LogP contribution in [0.2, 0.25) is 5.02 Å². The van der Waals surface area contributed by atoms with Crippen molar-refractivity contribution in [2.45, 2.75) is 39.7 Å². The van der Waals surface area contributed by atoms with Crippen LogP contribution in [0.3, 0.4) is 0 Å². The van der Waals surface area contributed by atoms with Crippen LogP contribution in [-0.4, -0.2) is 50.8 Å². The number of aromatic nitrogens is 4. The highest BCUT2D eigenvalue weighted by Gasteiger charge is 2.47. The van der Waals surface area contributed by atoms with Crippen LogP contribution in [0.15, 0.2) is 66.9 Å². The summed E-state index contributed by atoms with van der Waals surface area (Å²) in [6, 6.07) is 20.0. The Kier molecular flexibility index (Phi) is 7.26. The molecule has 1 saturated carbocycles. The molecule has 1 aliphatic heterocycles. The molecule has 9 heteroatoms. The second-order valence-electron chi connectivity index (χ2n) is 12.0. The van der Waals surface area contributed by atoms with E-state index in [9.17, 15) is 4.79 Å². The average Bonchev–Trinajstić information content (AvgIpc) is 3.40. The lowest BCUT2D eigenvalue weighted by Crippen LogP contribution is -2.54. The number of fused-ring (bicyclic) bond motifs is 1. The molecule has 1 spiro atoms. The monoisotopic (exact) mass is 604 g/mol. The Labute approximate surface area is 261 Å². The van der Waals surface area contributed by atoms with E-state index in [1.54, 1.807) is 13.3 Å². The van der Waals surface area contributed by atoms with Gasteiger partial charge in [-0.05, 0) is 55.7 Å². The van der Waals surface area contributed by atoms with Crippen molar-refractivity contribution in [2.75, 3.05) is 25.5 Å². The van der Waals surface area contributed by atoms with Gasteiger partial charge in [0.05, 0.1) is 23.3 Å². The van der Waals surface area contributed by atoms with E-state index in [1.165, 1.54) is 0 Å². The summed E-state index contributed by atoms with van der Waals surface area (Å²) in [7, 11) is 1.65. The maximum atomic E-state index is 11.8. The van der Waals surface area contributed by atoms with Gasteiger partial charge in [-0.15, -0.1) is 0 Å². The molecule has 1 N–H and O–H groups in total. The molecule has 2 aromatic carbocycles. The molecule has 1 aliphatic carbocycles. The number of nitrogens with one attached hydrogen (secondary N) is 1. The molecule has 2 aliphatic rings. The Hall–Kier alpha value is -4.40. The Morgan fingerprint density at radius 1 is 0.955 bits per heavy atom. The normalized spacial score (nSPS) is 16.0. The van der Waals surface area contributed by atoms with Gasteiger partial charge in [0.25, 0.3) is 0 Å². The highest BCUT2D eigenvalue weighted by Crippen LogP contribution is 2.45. The van der Waals surface area contributed by atoms with E-state index in [0.29, 0.717) is 33.8 Å². The minimum atomic E-state index is 0.190. The molecule has 0 unspecified atom stereocenters. The molecule has 0 amide bonds. The zero-order valence-corrected chi connectivity index (χ0v) is 25.8. The largest absolute Gasteiger partial charge is 0.481 e. The Morgan fingerprint density at radius 2 is 1.75 bits per heavy atom. The number of carbonyl (C=O) groups is 1. The van der Waals surface area contributed by atoms with Gasteiger partial charge >= 0.3 is 0 Å². The van der Waals surface area contributed by atoms with Crippen molar-refractivity contribution in [2.24, 2.45) is 5.41 Å². The van der Waals surface area contributed by atoms with E-state index < -0.39 is 0 Å². The van der Waals surface area contributed by atoms with Crippen molar-refractivity contribution < 1.29 is 9.53 Å². The molecule has 4 heterocycles. The quantitative estimate of drug-likeness (QED) is 0.206. The van der Waals surface area contributed by atoms with Crippen LogP contribution in [0.1, 0.15) is 36.2 Å². The smallest absolute Gasteiger partial charge is 0.218 e. The Bertz CT molecular complexity index is 1920. The fraction of sp³-hybridized carbons (Fsp3) is 0.286. The summed E-state index contributed by atoms with van der Waals surface area (Å²) < 4.78 is 5.74. The van der Waals surface area contributed by atoms with E-state index in [-0.39, 0.29) is 5.41 Å². The van der Waals surface area contributed by atoms with Crippen LogP contribution < -0.4 is 10.1 Å². The third kappa shape index (κ3) is 5.18. The van der Waals surface area contributed by atoms with E-state index in [0.717, 1.165) is 83.6 Å². The lowest BCUT2D eigenvalue weighted by molar-refractivity contribution is -0.119. The molecule has 0 atom stereocenters. The maximum Gasteiger partial charge on any atom is 0.218 e. The van der Waals surface area contributed by atoms with Gasteiger partial charge < -0.3 is 10.1 Å². The van der Waals surface area contributed by atoms with E-state index >= 15 is 0 Å². The molecule has 8 nitrogen and oxygen atoms in total. The minimum absolute atomic E-state index is 0.190. The SMILES string of the molecule is COc1nc(-c2cccc(-c3cccc(Nc4nc(C)nc5cccnc45)c3C)c2Cl)ccc1CN1CC2(CCC(=O)C2)C1. The third-order valence-corrected chi connectivity index (χ3v) is 9.28. The molecule has 222 valence electrons. The van der Waals surface area contributed by atoms with Gasteiger partial charge in [-0.1, -0.05) is 48.0 Å². The number of methoxy groups -OCH3 is 1. The zero-order chi connectivity index (χ0) is 30.4. The van der Waals surface area contributed by atoms with Gasteiger partial charge in [0.2, 0.25) is 5.88 Å². The number of hydrogen-bond acceptors (Lipinski definition) is 8. The highest BCUT2D eigenvalue weighted by molar-refractivity contribution is 6.36. The number of anilines is 2. The van der Waals surface area contributed by atoms with Crippen LogP contribution in [0.5, 0.6) is 5.88 Å². The van der Waals surface area contributed by atoms with Crippen LogP contribution >= 0.6 is 11.6 Å². The van der Waals surface area contributed by atoms with Gasteiger partial charge in [0, 0.05) is 66.5 Å². The van der Waals surface area contributed by atoms with Gasteiger partial charge in [0.1, 0.15) is 17.1 Å². The number of ketones is 1. The van der Waals surface area contributed by atoms with Gasteiger partial charge in [0.15, 0.2) is 5.82 Å². The molecule has 1 saturated heterocycles. The summed E-state index contributed by atoms with van der Waals surface area (Å²) in [4.78, 5) is 32.7. The lowest BCUT2D eigenvalue weighted by atomic mass is 9.78. The molecule has 3 aromatic heterocycles. The lowest BCUT2D eigenvalue weighted by Gasteiger charge is -2.48. The molecule has 0 bridgehead atoms. The first-order chi connectivity index (χ1) is 21.3. The van der Waals surface area contributed by atoms with Gasteiger partial charge in [-0.25, -0.2) is 15.0 Å².